The number of carboxylic acids is 1. The number of hydrogen-bond acceptors (Lipinski definition) is 3. The van der Waals surface area contributed by atoms with Crippen LogP contribution in [-0.4, -0.2) is 26.4 Å². The number of carbonyl (C=O) groups is 2. The van der Waals surface area contributed by atoms with Crippen LogP contribution in [0.4, 0.5) is 5.69 Å². The van der Waals surface area contributed by atoms with Crippen LogP contribution in [0.5, 0.6) is 0 Å². The van der Waals surface area contributed by atoms with Gasteiger partial charge in [0.2, 0.25) is 0 Å². The molecule has 0 saturated heterocycles. The lowest BCUT2D eigenvalue weighted by Crippen LogP contribution is -2.15. The van der Waals surface area contributed by atoms with Gasteiger partial charge in [-0.05, 0) is 37.3 Å². The number of fused-ring (bicyclic) bond motifs is 1. The highest BCUT2D eigenvalue weighted by Gasteiger charge is 2.16. The number of amides is 1. The van der Waals surface area contributed by atoms with Gasteiger partial charge in [0.15, 0.2) is 0 Å². The summed E-state index contributed by atoms with van der Waals surface area (Å²) >= 11 is 0. The largest absolute Gasteiger partial charge is 0.478 e. The van der Waals surface area contributed by atoms with Gasteiger partial charge in [-0.25, -0.2) is 9.78 Å². The molecule has 0 atom stereocenters. The lowest BCUT2D eigenvalue weighted by Gasteiger charge is -2.06. The summed E-state index contributed by atoms with van der Waals surface area (Å²) in [6, 6.07) is 11.6. The summed E-state index contributed by atoms with van der Waals surface area (Å²) in [5, 5.41) is 11.7. The standard InChI is InChI=1S/C16H13N3O3/c1-10-14(19-8-3-2-7-13(19)17-10)15(20)18-12-6-4-5-11(9-12)16(21)22/h2-9H,1H3,(H,18,20)(H,21,22). The minimum atomic E-state index is -1.04. The molecule has 110 valence electrons. The van der Waals surface area contributed by atoms with E-state index in [0.717, 1.165) is 0 Å². The number of rotatable bonds is 3. The van der Waals surface area contributed by atoms with E-state index < -0.39 is 5.97 Å². The Kier molecular flexibility index (Phi) is 3.34. The highest BCUT2D eigenvalue weighted by atomic mass is 16.4. The average molecular weight is 295 g/mol. The number of nitrogens with one attached hydrogen (secondary N) is 1. The molecule has 22 heavy (non-hydrogen) atoms. The summed E-state index contributed by atoms with van der Waals surface area (Å²) in [7, 11) is 0. The molecule has 0 aliphatic heterocycles. The number of pyridine rings is 1. The molecule has 0 saturated carbocycles. The van der Waals surface area contributed by atoms with Crippen molar-refractivity contribution in [3.63, 3.8) is 0 Å². The summed E-state index contributed by atoms with van der Waals surface area (Å²) in [5.74, 6) is -1.37. The predicted molar refractivity (Wildman–Crippen MR) is 81.3 cm³/mol. The fourth-order valence-corrected chi connectivity index (χ4v) is 2.31. The fourth-order valence-electron chi connectivity index (χ4n) is 2.31. The molecule has 0 radical (unpaired) electrons. The summed E-state index contributed by atoms with van der Waals surface area (Å²) in [6.07, 6.45) is 1.76. The van der Waals surface area contributed by atoms with Crippen molar-refractivity contribution in [2.45, 2.75) is 6.92 Å². The molecule has 6 heteroatoms. The van der Waals surface area contributed by atoms with Crippen molar-refractivity contribution >= 4 is 23.2 Å². The quantitative estimate of drug-likeness (QED) is 0.778. The minimum absolute atomic E-state index is 0.118. The molecule has 0 aliphatic rings. The zero-order valence-corrected chi connectivity index (χ0v) is 11.8. The Morgan fingerprint density at radius 2 is 2.00 bits per heavy atom. The molecule has 2 N–H and O–H groups in total. The molecule has 2 heterocycles. The van der Waals surface area contributed by atoms with Gasteiger partial charge in [0.05, 0.1) is 11.3 Å². The van der Waals surface area contributed by atoms with Crippen molar-refractivity contribution in [2.75, 3.05) is 5.32 Å². The monoisotopic (exact) mass is 295 g/mol. The van der Waals surface area contributed by atoms with Gasteiger partial charge in [-0.3, -0.25) is 9.20 Å². The Labute approximate surface area is 126 Å². The van der Waals surface area contributed by atoms with E-state index in [2.05, 4.69) is 10.3 Å². The first-order valence-corrected chi connectivity index (χ1v) is 6.64. The van der Waals surface area contributed by atoms with Crippen molar-refractivity contribution in [3.8, 4) is 0 Å². The minimum Gasteiger partial charge on any atom is -0.478 e. The number of aryl methyl sites for hydroxylation is 1. The molecule has 1 aromatic carbocycles. The summed E-state index contributed by atoms with van der Waals surface area (Å²) in [5.41, 5.74) is 2.27. The molecule has 0 fully saturated rings. The number of imidazole rings is 1. The van der Waals surface area contributed by atoms with Crippen LogP contribution in [0, 0.1) is 6.92 Å². The van der Waals surface area contributed by atoms with E-state index in [1.54, 1.807) is 29.7 Å². The molecule has 3 aromatic rings. The van der Waals surface area contributed by atoms with E-state index >= 15 is 0 Å². The zero-order valence-electron chi connectivity index (χ0n) is 11.8. The molecule has 1 amide bonds. The topological polar surface area (TPSA) is 83.7 Å². The van der Waals surface area contributed by atoms with Crippen LogP contribution in [0.3, 0.4) is 0 Å². The second-order valence-electron chi connectivity index (χ2n) is 4.81. The van der Waals surface area contributed by atoms with Crippen LogP contribution in [0.1, 0.15) is 26.5 Å². The normalized spacial score (nSPS) is 10.6. The SMILES string of the molecule is Cc1nc2ccccn2c1C(=O)Nc1cccc(C(=O)O)c1. The van der Waals surface area contributed by atoms with Gasteiger partial charge in [-0.1, -0.05) is 12.1 Å². The van der Waals surface area contributed by atoms with Gasteiger partial charge in [-0.15, -0.1) is 0 Å². The number of nitrogens with zero attached hydrogens (tertiary/aromatic N) is 2. The van der Waals surface area contributed by atoms with Crippen molar-refractivity contribution in [2.24, 2.45) is 0 Å². The summed E-state index contributed by atoms with van der Waals surface area (Å²) in [4.78, 5) is 27.8. The van der Waals surface area contributed by atoms with E-state index in [1.165, 1.54) is 12.1 Å². The number of benzene rings is 1. The van der Waals surface area contributed by atoms with Gasteiger partial charge in [-0.2, -0.15) is 0 Å². The number of anilines is 1. The highest BCUT2D eigenvalue weighted by molar-refractivity contribution is 6.05. The fraction of sp³-hybridized carbons (Fsp3) is 0.0625. The van der Waals surface area contributed by atoms with E-state index in [0.29, 0.717) is 22.7 Å². The highest BCUT2D eigenvalue weighted by Crippen LogP contribution is 2.16. The molecule has 0 unspecified atom stereocenters. The third kappa shape index (κ3) is 2.42. The molecule has 2 aromatic heterocycles. The first-order chi connectivity index (χ1) is 10.6. The third-order valence-electron chi connectivity index (χ3n) is 3.29. The van der Waals surface area contributed by atoms with Crippen molar-refractivity contribution in [3.05, 3.63) is 65.6 Å². The van der Waals surface area contributed by atoms with E-state index in [1.807, 2.05) is 18.2 Å². The van der Waals surface area contributed by atoms with Crippen LogP contribution in [0.2, 0.25) is 0 Å². The van der Waals surface area contributed by atoms with Crippen molar-refractivity contribution < 1.29 is 14.7 Å². The third-order valence-corrected chi connectivity index (χ3v) is 3.29. The molecule has 6 nitrogen and oxygen atoms in total. The number of carboxylic acid groups (broad SMARTS) is 1. The number of aromatic nitrogens is 2. The number of carbonyl (C=O) groups excluding carboxylic acids is 1. The van der Waals surface area contributed by atoms with Crippen LogP contribution < -0.4 is 5.32 Å². The van der Waals surface area contributed by atoms with Gasteiger partial charge < -0.3 is 10.4 Å². The Bertz CT molecular complexity index is 883. The zero-order chi connectivity index (χ0) is 15.7. The smallest absolute Gasteiger partial charge is 0.335 e. The Morgan fingerprint density at radius 3 is 2.77 bits per heavy atom. The molecule has 0 spiro atoms. The average Bonchev–Trinajstić information content (AvgIpc) is 2.83. The van der Waals surface area contributed by atoms with Gasteiger partial charge >= 0.3 is 5.97 Å². The van der Waals surface area contributed by atoms with E-state index in [-0.39, 0.29) is 11.5 Å². The number of aromatic carboxylic acids is 1. The molecular formula is C16H13N3O3. The van der Waals surface area contributed by atoms with Crippen molar-refractivity contribution in [1.29, 1.82) is 0 Å². The maximum absolute atomic E-state index is 12.5. The lowest BCUT2D eigenvalue weighted by atomic mass is 10.2. The van der Waals surface area contributed by atoms with Gasteiger partial charge in [0.1, 0.15) is 11.3 Å². The van der Waals surface area contributed by atoms with Crippen molar-refractivity contribution in [1.82, 2.24) is 9.38 Å². The first kappa shape index (κ1) is 13.8. The van der Waals surface area contributed by atoms with Crippen LogP contribution in [0.15, 0.2) is 48.7 Å². The second-order valence-corrected chi connectivity index (χ2v) is 4.81. The molecular weight excluding hydrogens is 282 g/mol. The number of hydrogen-bond donors (Lipinski definition) is 2. The lowest BCUT2D eigenvalue weighted by molar-refractivity contribution is 0.0696. The summed E-state index contributed by atoms with van der Waals surface area (Å²) < 4.78 is 1.70. The predicted octanol–water partition coefficient (Wildman–Crippen LogP) is 2.59. The molecule has 0 bridgehead atoms. The van der Waals surface area contributed by atoms with E-state index in [9.17, 15) is 9.59 Å². The van der Waals surface area contributed by atoms with Crippen LogP contribution >= 0.6 is 0 Å². The Hall–Kier alpha value is -3.15. The maximum Gasteiger partial charge on any atom is 0.335 e. The van der Waals surface area contributed by atoms with Gasteiger partial charge in [0.25, 0.3) is 5.91 Å². The first-order valence-electron chi connectivity index (χ1n) is 6.64. The maximum atomic E-state index is 12.5. The summed E-state index contributed by atoms with van der Waals surface area (Å²) in [6.45, 7) is 1.76. The Balaban J connectivity index is 1.95. The van der Waals surface area contributed by atoms with E-state index in [4.69, 9.17) is 5.11 Å². The van der Waals surface area contributed by atoms with Gasteiger partial charge in [0, 0.05) is 11.9 Å². The van der Waals surface area contributed by atoms with Crippen LogP contribution in [-0.2, 0) is 0 Å². The Morgan fingerprint density at radius 1 is 1.18 bits per heavy atom. The molecule has 0 aliphatic carbocycles. The second kappa shape index (κ2) is 5.33. The van der Waals surface area contributed by atoms with Crippen LogP contribution in [0.25, 0.3) is 5.65 Å². The molecule has 3 rings (SSSR count).